The molecule has 0 radical (unpaired) electrons. The van der Waals surface area contributed by atoms with Gasteiger partial charge in [-0.1, -0.05) is 13.8 Å². The zero-order valence-corrected chi connectivity index (χ0v) is 8.28. The average Bonchev–Trinajstić information content (AvgIpc) is 2.02. The Bertz CT molecular complexity index is 255. The highest BCUT2D eigenvalue weighted by Crippen LogP contribution is 2.04. The normalized spacial score (nSPS) is 11.9. The number of hydrogen-bond donors (Lipinski definition) is 2. The van der Waals surface area contributed by atoms with E-state index in [9.17, 15) is 9.59 Å². The van der Waals surface area contributed by atoms with Crippen molar-refractivity contribution in [3.05, 3.63) is 0 Å². The number of nitrogens with one attached hydrogen (secondary N) is 1. The van der Waals surface area contributed by atoms with Crippen LogP contribution in [0.25, 0.3) is 0 Å². The Morgan fingerprint density at radius 3 is 2.43 bits per heavy atom. The minimum Gasteiger partial charge on any atom is -0.480 e. The summed E-state index contributed by atoms with van der Waals surface area (Å²) in [5.41, 5.74) is 0. The molecule has 0 rings (SSSR count). The molecular formula is C9H14N2O3. The van der Waals surface area contributed by atoms with Crippen LogP contribution in [0.2, 0.25) is 0 Å². The van der Waals surface area contributed by atoms with E-state index in [1.54, 1.807) is 6.07 Å². The largest absolute Gasteiger partial charge is 0.480 e. The summed E-state index contributed by atoms with van der Waals surface area (Å²) in [6.07, 6.45) is 0.0639. The van der Waals surface area contributed by atoms with Crippen molar-refractivity contribution in [2.24, 2.45) is 5.92 Å². The first-order chi connectivity index (χ1) is 6.47. The highest BCUT2D eigenvalue weighted by atomic mass is 16.4. The zero-order valence-electron chi connectivity index (χ0n) is 8.28. The molecule has 0 aliphatic rings. The second kappa shape index (κ2) is 5.97. The Hall–Kier alpha value is -1.57. The summed E-state index contributed by atoms with van der Waals surface area (Å²) in [4.78, 5) is 21.6. The Labute approximate surface area is 82.7 Å². The molecule has 1 atom stereocenters. The minimum absolute atomic E-state index is 0.179. The molecule has 1 unspecified atom stereocenters. The van der Waals surface area contributed by atoms with Gasteiger partial charge in [0.2, 0.25) is 5.91 Å². The first-order valence-corrected chi connectivity index (χ1v) is 4.36. The van der Waals surface area contributed by atoms with Crippen molar-refractivity contribution in [2.75, 3.05) is 0 Å². The molecule has 2 N–H and O–H groups in total. The van der Waals surface area contributed by atoms with Crippen molar-refractivity contribution in [1.82, 2.24) is 5.32 Å². The van der Waals surface area contributed by atoms with Crippen LogP contribution in [0.5, 0.6) is 0 Å². The third-order valence-electron chi connectivity index (χ3n) is 1.58. The zero-order chi connectivity index (χ0) is 11.1. The van der Waals surface area contributed by atoms with E-state index in [0.717, 1.165) is 0 Å². The van der Waals surface area contributed by atoms with Crippen molar-refractivity contribution in [3.63, 3.8) is 0 Å². The fourth-order valence-electron chi connectivity index (χ4n) is 1.01. The molecule has 0 saturated carbocycles. The highest BCUT2D eigenvalue weighted by Gasteiger charge is 2.20. The predicted molar refractivity (Wildman–Crippen MR) is 49.3 cm³/mol. The Balaban J connectivity index is 4.17. The fourth-order valence-corrected chi connectivity index (χ4v) is 1.01. The topological polar surface area (TPSA) is 90.2 Å². The first kappa shape index (κ1) is 12.4. The maximum atomic E-state index is 10.9. The number of carboxylic acid groups (broad SMARTS) is 1. The second-order valence-electron chi connectivity index (χ2n) is 3.42. The van der Waals surface area contributed by atoms with Crippen LogP contribution in [0.4, 0.5) is 0 Å². The van der Waals surface area contributed by atoms with Gasteiger partial charge >= 0.3 is 5.97 Å². The van der Waals surface area contributed by atoms with Crippen molar-refractivity contribution >= 4 is 11.9 Å². The van der Waals surface area contributed by atoms with Crippen LogP contribution in [0.15, 0.2) is 0 Å². The van der Waals surface area contributed by atoms with Gasteiger partial charge in [0.05, 0.1) is 6.07 Å². The van der Waals surface area contributed by atoms with Crippen molar-refractivity contribution < 1.29 is 14.7 Å². The number of carbonyl (C=O) groups is 2. The first-order valence-electron chi connectivity index (χ1n) is 4.36. The predicted octanol–water partition coefficient (Wildman–Crippen LogP) is 0.516. The van der Waals surface area contributed by atoms with Gasteiger partial charge in [-0.3, -0.25) is 4.79 Å². The van der Waals surface area contributed by atoms with Gasteiger partial charge in [-0.25, -0.2) is 4.79 Å². The van der Waals surface area contributed by atoms with E-state index in [0.29, 0.717) is 6.42 Å². The number of amides is 1. The van der Waals surface area contributed by atoms with Crippen molar-refractivity contribution in [3.8, 4) is 6.07 Å². The van der Waals surface area contributed by atoms with Crippen LogP contribution in [0.3, 0.4) is 0 Å². The summed E-state index contributed by atoms with van der Waals surface area (Å²) >= 11 is 0. The number of rotatable bonds is 5. The molecule has 5 heteroatoms. The second-order valence-corrected chi connectivity index (χ2v) is 3.42. The van der Waals surface area contributed by atoms with Gasteiger partial charge in [0, 0.05) is 0 Å². The molecule has 0 aliphatic carbocycles. The van der Waals surface area contributed by atoms with E-state index in [2.05, 4.69) is 5.32 Å². The van der Waals surface area contributed by atoms with E-state index in [1.807, 2.05) is 13.8 Å². The summed E-state index contributed by atoms with van der Waals surface area (Å²) < 4.78 is 0. The van der Waals surface area contributed by atoms with Crippen molar-refractivity contribution in [1.29, 1.82) is 5.26 Å². The summed E-state index contributed by atoms with van der Waals surface area (Å²) in [5.74, 6) is -1.43. The monoisotopic (exact) mass is 198 g/mol. The van der Waals surface area contributed by atoms with E-state index in [1.165, 1.54) is 0 Å². The van der Waals surface area contributed by atoms with Crippen molar-refractivity contribution in [2.45, 2.75) is 32.7 Å². The third kappa shape index (κ3) is 5.14. The number of aliphatic carboxylic acids is 1. The Morgan fingerprint density at radius 2 is 2.07 bits per heavy atom. The van der Waals surface area contributed by atoms with Crippen LogP contribution in [0.1, 0.15) is 26.7 Å². The molecule has 78 valence electrons. The number of nitrogens with zero attached hydrogens (tertiary/aromatic N) is 1. The van der Waals surface area contributed by atoms with Gasteiger partial charge in [-0.2, -0.15) is 5.26 Å². The third-order valence-corrected chi connectivity index (χ3v) is 1.58. The molecule has 0 bridgehead atoms. The molecule has 0 aromatic carbocycles. The van der Waals surface area contributed by atoms with Crippen LogP contribution in [-0.4, -0.2) is 23.0 Å². The van der Waals surface area contributed by atoms with Crippen LogP contribution >= 0.6 is 0 Å². The standard InChI is InChI=1S/C9H14N2O3/c1-6(2)5-7(9(13)14)11-8(12)3-4-10/h6-7H,3,5H2,1-2H3,(H,11,12)(H,13,14). The SMILES string of the molecule is CC(C)CC(NC(=O)CC#N)C(=O)O. The molecule has 5 nitrogen and oxygen atoms in total. The number of hydrogen-bond acceptors (Lipinski definition) is 3. The summed E-state index contributed by atoms with van der Waals surface area (Å²) in [7, 11) is 0. The molecule has 1 amide bonds. The molecule has 0 heterocycles. The molecule has 0 spiro atoms. The number of carbonyl (C=O) groups excluding carboxylic acids is 1. The summed E-state index contributed by atoms with van der Waals surface area (Å²) in [6, 6.07) is 0.767. The van der Waals surface area contributed by atoms with Crippen LogP contribution < -0.4 is 5.32 Å². The minimum atomic E-state index is -1.06. The maximum absolute atomic E-state index is 10.9. The molecular weight excluding hydrogens is 184 g/mol. The molecule has 0 aromatic heterocycles. The Morgan fingerprint density at radius 1 is 1.50 bits per heavy atom. The average molecular weight is 198 g/mol. The van der Waals surface area contributed by atoms with E-state index >= 15 is 0 Å². The lowest BCUT2D eigenvalue weighted by molar-refractivity contribution is -0.142. The molecule has 0 aliphatic heterocycles. The van der Waals surface area contributed by atoms with Gasteiger partial charge in [0.15, 0.2) is 0 Å². The van der Waals surface area contributed by atoms with Crippen LogP contribution in [0, 0.1) is 17.2 Å². The number of nitriles is 1. The van der Waals surface area contributed by atoms with Gasteiger partial charge in [-0.15, -0.1) is 0 Å². The molecule has 0 aromatic rings. The van der Waals surface area contributed by atoms with Gasteiger partial charge in [-0.05, 0) is 12.3 Å². The quantitative estimate of drug-likeness (QED) is 0.673. The number of carboxylic acids is 1. The summed E-state index contributed by atoms with van der Waals surface area (Å²) in [5, 5.41) is 19.2. The molecule has 0 saturated heterocycles. The van der Waals surface area contributed by atoms with E-state index in [-0.39, 0.29) is 12.3 Å². The summed E-state index contributed by atoms with van der Waals surface area (Å²) in [6.45, 7) is 3.73. The lowest BCUT2D eigenvalue weighted by Crippen LogP contribution is -2.41. The van der Waals surface area contributed by atoms with Gasteiger partial charge in [0.25, 0.3) is 0 Å². The van der Waals surface area contributed by atoms with E-state index in [4.69, 9.17) is 10.4 Å². The fraction of sp³-hybridized carbons (Fsp3) is 0.667. The smallest absolute Gasteiger partial charge is 0.326 e. The lowest BCUT2D eigenvalue weighted by Gasteiger charge is -2.15. The maximum Gasteiger partial charge on any atom is 0.326 e. The molecule has 0 fully saturated rings. The Kier molecular flexibility index (Phi) is 5.30. The van der Waals surface area contributed by atoms with Gasteiger partial charge < -0.3 is 10.4 Å². The molecule has 14 heavy (non-hydrogen) atoms. The van der Waals surface area contributed by atoms with E-state index < -0.39 is 17.9 Å². The highest BCUT2D eigenvalue weighted by molar-refractivity contribution is 5.84. The van der Waals surface area contributed by atoms with Gasteiger partial charge in [0.1, 0.15) is 12.5 Å². The van der Waals surface area contributed by atoms with Crippen LogP contribution in [-0.2, 0) is 9.59 Å². The lowest BCUT2D eigenvalue weighted by atomic mass is 10.0.